The van der Waals surface area contributed by atoms with Crippen molar-refractivity contribution < 1.29 is 14.3 Å². The Morgan fingerprint density at radius 2 is 1.87 bits per heavy atom. The summed E-state index contributed by atoms with van der Waals surface area (Å²) in [5.41, 5.74) is -0.208. The number of aromatic amines is 1. The van der Waals surface area contributed by atoms with Crippen LogP contribution in [0.1, 0.15) is 41.7 Å². The Bertz CT molecular complexity index is 1250. The third kappa shape index (κ3) is 3.24. The van der Waals surface area contributed by atoms with Crippen LogP contribution in [0.15, 0.2) is 53.3 Å². The minimum Gasteiger partial charge on any atom is -0.465 e. The lowest BCUT2D eigenvalue weighted by Crippen LogP contribution is -2.65. The molecule has 3 heterocycles. The van der Waals surface area contributed by atoms with E-state index in [2.05, 4.69) is 15.5 Å². The average Bonchev–Trinajstić information content (AvgIpc) is 2.78. The summed E-state index contributed by atoms with van der Waals surface area (Å²) in [6, 6.07) is 14.2. The molecule has 2 N–H and O–H groups in total. The first-order valence-corrected chi connectivity index (χ1v) is 10.3. The zero-order chi connectivity index (χ0) is 21.6. The SMILES string of the molecule is CC(C(=O)N1CCCC2(C1)NC(=O)c1ccccc1O2)c1n[nH]c(=O)c2ccccc12. The number of aromatic nitrogens is 2. The molecule has 0 bridgehead atoms. The number of rotatable bonds is 2. The van der Waals surface area contributed by atoms with Gasteiger partial charge in [-0.25, -0.2) is 5.10 Å². The number of amides is 2. The largest absolute Gasteiger partial charge is 0.465 e. The number of hydrogen-bond donors (Lipinski definition) is 2. The van der Waals surface area contributed by atoms with E-state index in [0.29, 0.717) is 47.2 Å². The molecule has 3 aromatic rings. The predicted molar refractivity (Wildman–Crippen MR) is 114 cm³/mol. The van der Waals surface area contributed by atoms with Gasteiger partial charge in [0.25, 0.3) is 11.5 Å². The first kappa shape index (κ1) is 19.3. The summed E-state index contributed by atoms with van der Waals surface area (Å²) in [5.74, 6) is -0.358. The van der Waals surface area contributed by atoms with E-state index in [1.807, 2.05) is 12.1 Å². The third-order valence-corrected chi connectivity index (χ3v) is 6.05. The number of nitrogens with zero attached hydrogens (tertiary/aromatic N) is 2. The first-order chi connectivity index (χ1) is 15.0. The molecular weight excluding hydrogens is 396 g/mol. The van der Waals surface area contributed by atoms with Gasteiger partial charge in [-0.2, -0.15) is 5.10 Å². The van der Waals surface area contributed by atoms with Gasteiger partial charge in [0.15, 0.2) is 0 Å². The van der Waals surface area contributed by atoms with Gasteiger partial charge in [-0.3, -0.25) is 14.4 Å². The van der Waals surface area contributed by atoms with E-state index in [-0.39, 0.29) is 23.9 Å². The molecule has 8 heteroatoms. The van der Waals surface area contributed by atoms with Crippen LogP contribution in [0.4, 0.5) is 0 Å². The molecule has 2 amide bonds. The van der Waals surface area contributed by atoms with Crippen LogP contribution in [-0.2, 0) is 4.79 Å². The first-order valence-electron chi connectivity index (χ1n) is 10.3. The fourth-order valence-electron chi connectivity index (χ4n) is 4.51. The molecule has 1 fully saturated rings. The Morgan fingerprint density at radius 3 is 2.71 bits per heavy atom. The van der Waals surface area contributed by atoms with Gasteiger partial charge >= 0.3 is 0 Å². The van der Waals surface area contributed by atoms with Gasteiger partial charge in [-0.05, 0) is 31.5 Å². The fourth-order valence-corrected chi connectivity index (χ4v) is 4.51. The monoisotopic (exact) mass is 418 g/mol. The maximum Gasteiger partial charge on any atom is 0.272 e. The number of hydrogen-bond acceptors (Lipinski definition) is 5. The van der Waals surface area contributed by atoms with Crippen LogP contribution in [0, 0.1) is 0 Å². The molecule has 2 aromatic carbocycles. The molecule has 1 aromatic heterocycles. The highest BCUT2D eigenvalue weighted by Crippen LogP contribution is 2.33. The number of carbonyl (C=O) groups is 2. The van der Waals surface area contributed by atoms with Crippen LogP contribution < -0.4 is 15.6 Å². The van der Waals surface area contributed by atoms with E-state index in [9.17, 15) is 14.4 Å². The maximum atomic E-state index is 13.4. The topological polar surface area (TPSA) is 104 Å². The molecule has 1 spiro atoms. The van der Waals surface area contributed by atoms with Crippen LogP contribution in [0.3, 0.4) is 0 Å². The molecule has 0 aliphatic carbocycles. The zero-order valence-electron chi connectivity index (χ0n) is 17.1. The summed E-state index contributed by atoms with van der Waals surface area (Å²) >= 11 is 0. The highest BCUT2D eigenvalue weighted by molar-refractivity contribution is 5.98. The number of H-pyrrole nitrogens is 1. The van der Waals surface area contributed by atoms with E-state index >= 15 is 0 Å². The molecule has 2 unspecified atom stereocenters. The number of para-hydroxylation sites is 1. The number of ether oxygens (including phenoxy) is 1. The third-order valence-electron chi connectivity index (χ3n) is 6.05. The Morgan fingerprint density at radius 1 is 1.13 bits per heavy atom. The molecule has 8 nitrogen and oxygen atoms in total. The maximum absolute atomic E-state index is 13.4. The van der Waals surface area contributed by atoms with Crippen molar-refractivity contribution in [1.29, 1.82) is 0 Å². The number of piperidine rings is 1. The Hall–Kier alpha value is -3.68. The van der Waals surface area contributed by atoms with Crippen LogP contribution in [0.2, 0.25) is 0 Å². The molecule has 0 radical (unpaired) electrons. The normalized spacial score (nSPS) is 21.3. The van der Waals surface area contributed by atoms with Crippen molar-refractivity contribution in [3.8, 4) is 5.75 Å². The standard InChI is InChI=1S/C23H22N4O4/c1-14(19-15-7-2-3-8-16(15)21(29)26-25-19)22(30)27-12-6-11-23(13-27)24-20(28)17-9-4-5-10-18(17)31-23/h2-5,7-10,14H,6,11-13H2,1H3,(H,24,28)(H,26,29). The summed E-state index contributed by atoms with van der Waals surface area (Å²) in [4.78, 5) is 39.8. The van der Waals surface area contributed by atoms with Crippen LogP contribution in [0.25, 0.3) is 10.8 Å². The van der Waals surface area contributed by atoms with Gasteiger partial charge in [0.05, 0.1) is 29.1 Å². The van der Waals surface area contributed by atoms with Crippen molar-refractivity contribution in [2.24, 2.45) is 0 Å². The second-order valence-corrected chi connectivity index (χ2v) is 8.12. The number of nitrogens with one attached hydrogen (secondary N) is 2. The van der Waals surface area contributed by atoms with Crippen molar-refractivity contribution in [3.05, 3.63) is 70.1 Å². The summed E-state index contributed by atoms with van der Waals surface area (Å²) in [5, 5.41) is 10.8. The van der Waals surface area contributed by atoms with Crippen molar-refractivity contribution in [2.75, 3.05) is 13.1 Å². The van der Waals surface area contributed by atoms with Gasteiger partial charge in [0.2, 0.25) is 11.6 Å². The Balaban J connectivity index is 1.43. The van der Waals surface area contributed by atoms with Crippen LogP contribution in [-0.4, -0.2) is 45.7 Å². The lowest BCUT2D eigenvalue weighted by atomic mass is 9.95. The van der Waals surface area contributed by atoms with Gasteiger partial charge in [-0.1, -0.05) is 30.3 Å². The predicted octanol–water partition coefficient (Wildman–Crippen LogP) is 2.17. The summed E-state index contributed by atoms with van der Waals surface area (Å²) < 4.78 is 6.19. The smallest absolute Gasteiger partial charge is 0.272 e. The fraction of sp³-hybridized carbons (Fsp3) is 0.304. The molecule has 2 aliphatic rings. The molecule has 2 aliphatic heterocycles. The lowest BCUT2D eigenvalue weighted by molar-refractivity contribution is -0.139. The minimum absolute atomic E-state index is 0.125. The van der Waals surface area contributed by atoms with Gasteiger partial charge in [-0.15, -0.1) is 0 Å². The van der Waals surface area contributed by atoms with E-state index in [0.717, 1.165) is 0 Å². The molecule has 0 saturated carbocycles. The second kappa shape index (κ2) is 7.23. The van der Waals surface area contributed by atoms with Crippen molar-refractivity contribution in [2.45, 2.75) is 31.4 Å². The van der Waals surface area contributed by atoms with E-state index < -0.39 is 11.6 Å². The minimum atomic E-state index is -0.945. The van der Waals surface area contributed by atoms with E-state index in [1.54, 1.807) is 48.2 Å². The zero-order valence-corrected chi connectivity index (χ0v) is 17.1. The molecule has 158 valence electrons. The van der Waals surface area contributed by atoms with Gasteiger partial charge < -0.3 is 15.0 Å². The molecular formula is C23H22N4O4. The van der Waals surface area contributed by atoms with Crippen molar-refractivity contribution in [1.82, 2.24) is 20.4 Å². The van der Waals surface area contributed by atoms with Crippen molar-refractivity contribution in [3.63, 3.8) is 0 Å². The lowest BCUT2D eigenvalue weighted by Gasteiger charge is -2.45. The van der Waals surface area contributed by atoms with Crippen LogP contribution >= 0.6 is 0 Å². The number of fused-ring (bicyclic) bond motifs is 2. The van der Waals surface area contributed by atoms with Gasteiger partial charge in [0.1, 0.15) is 5.75 Å². The molecule has 2 atom stereocenters. The molecule has 31 heavy (non-hydrogen) atoms. The molecule has 5 rings (SSSR count). The van der Waals surface area contributed by atoms with E-state index in [1.165, 1.54) is 0 Å². The highest BCUT2D eigenvalue weighted by atomic mass is 16.5. The Labute approximate surface area is 178 Å². The highest BCUT2D eigenvalue weighted by Gasteiger charge is 2.45. The molecule has 1 saturated heterocycles. The van der Waals surface area contributed by atoms with E-state index in [4.69, 9.17) is 4.74 Å². The number of benzene rings is 2. The quantitative estimate of drug-likeness (QED) is 0.664. The van der Waals surface area contributed by atoms with Crippen LogP contribution in [0.5, 0.6) is 5.75 Å². The second-order valence-electron chi connectivity index (χ2n) is 8.12. The summed E-state index contributed by atoms with van der Waals surface area (Å²) in [7, 11) is 0. The average molecular weight is 418 g/mol. The van der Waals surface area contributed by atoms with Gasteiger partial charge in [0, 0.05) is 18.4 Å². The Kier molecular flexibility index (Phi) is 4.50. The van der Waals surface area contributed by atoms with Crippen molar-refractivity contribution >= 4 is 22.6 Å². The number of likely N-dealkylation sites (tertiary alicyclic amines) is 1. The summed E-state index contributed by atoms with van der Waals surface area (Å²) in [6.45, 7) is 2.59. The number of carbonyl (C=O) groups excluding carboxylic acids is 2. The summed E-state index contributed by atoms with van der Waals surface area (Å²) in [6.07, 6.45) is 1.31.